The van der Waals surface area contributed by atoms with E-state index in [1.165, 1.54) is 24.5 Å². The molecule has 1 aliphatic heterocycles. The van der Waals surface area contributed by atoms with E-state index in [0.717, 1.165) is 12.7 Å². The quantitative estimate of drug-likeness (QED) is 0.0690. The maximum Gasteiger partial charge on any atom is 0.316 e. The molecule has 3 unspecified atom stereocenters. The van der Waals surface area contributed by atoms with Crippen molar-refractivity contribution in [3.8, 4) is 5.75 Å². The molecule has 1 aromatic rings. The Hall–Kier alpha value is -3.71. The standard InChI is InChI=1S/C24H35N3O5.C7H12N2O2S.C3H8/c1-15(2)19(20(29)17-11-7-8-12-18(17)32-6)25-23(31)26-21(24(3,4)5)22(30)27-13-9-10-16(27)14-28;1-3-4-8-7(11)6(10)5(2)9-12;1-3-2/h7-8,11-12,14-16,19,21H,9-10,13H2,1-6H3,(H2,25,26,31);3,5,9,12H,1,4H2,2H3,(H,8,11);3H2,1-2H3/t16-,19?,21?;;/m0../s1. The fourth-order valence-corrected chi connectivity index (χ4v) is 4.51. The second-order valence-corrected chi connectivity index (χ2v) is 12.8. The third-order valence-electron chi connectivity index (χ3n) is 6.95. The molecule has 0 spiro atoms. The zero-order valence-electron chi connectivity index (χ0n) is 29.3. The average molecular weight is 678 g/mol. The highest BCUT2D eigenvalue weighted by atomic mass is 32.1. The first-order chi connectivity index (χ1) is 22.0. The Balaban J connectivity index is 0.00000118. The summed E-state index contributed by atoms with van der Waals surface area (Å²) < 4.78 is 7.67. The number of ketones is 2. The summed E-state index contributed by atoms with van der Waals surface area (Å²) in [7, 11) is 1.49. The number of methoxy groups -OCH3 is 1. The molecule has 13 heteroatoms. The highest BCUT2D eigenvalue weighted by molar-refractivity contribution is 7.78. The van der Waals surface area contributed by atoms with E-state index >= 15 is 0 Å². The van der Waals surface area contributed by atoms with Crippen molar-refractivity contribution in [1.82, 2.24) is 25.6 Å². The number of ether oxygens (including phenoxy) is 1. The third kappa shape index (κ3) is 14.3. The van der Waals surface area contributed by atoms with Gasteiger partial charge in [-0.15, -0.1) is 6.58 Å². The van der Waals surface area contributed by atoms with Crippen molar-refractivity contribution in [3.05, 3.63) is 42.5 Å². The topological polar surface area (TPSA) is 163 Å². The number of carbonyl (C=O) groups is 6. The average Bonchev–Trinajstić information content (AvgIpc) is 3.52. The number of hydrogen-bond acceptors (Lipinski definition) is 9. The van der Waals surface area contributed by atoms with Crippen molar-refractivity contribution in [2.45, 2.75) is 98.8 Å². The maximum absolute atomic E-state index is 13.2. The predicted octanol–water partition coefficient (Wildman–Crippen LogP) is 3.90. The van der Waals surface area contributed by atoms with Crippen LogP contribution in [0.5, 0.6) is 5.75 Å². The number of thiol groups is 1. The summed E-state index contributed by atoms with van der Waals surface area (Å²) >= 11 is 3.67. The number of Topliss-reactive ketones (excluding diaryl/α,β-unsaturated/α-hetero) is 2. The first kappa shape index (κ1) is 43.3. The molecule has 0 bridgehead atoms. The molecule has 4 amide bonds. The molecule has 0 aliphatic carbocycles. The zero-order valence-corrected chi connectivity index (χ0v) is 30.2. The summed E-state index contributed by atoms with van der Waals surface area (Å²) in [5.74, 6) is -1.48. The smallest absolute Gasteiger partial charge is 0.316 e. The summed E-state index contributed by atoms with van der Waals surface area (Å²) in [5, 5.41) is 7.87. The van der Waals surface area contributed by atoms with E-state index in [9.17, 15) is 28.8 Å². The molecule has 0 radical (unpaired) electrons. The van der Waals surface area contributed by atoms with Crippen LogP contribution in [-0.2, 0) is 19.2 Å². The van der Waals surface area contributed by atoms with Gasteiger partial charge in [-0.25, -0.2) is 4.79 Å². The van der Waals surface area contributed by atoms with Crippen LogP contribution in [0.4, 0.5) is 4.79 Å². The van der Waals surface area contributed by atoms with Crippen LogP contribution in [0, 0.1) is 11.3 Å². The van der Waals surface area contributed by atoms with Gasteiger partial charge in [0.25, 0.3) is 5.91 Å². The second-order valence-electron chi connectivity index (χ2n) is 12.5. The number of para-hydroxylation sites is 1. The number of nitrogens with zero attached hydrogens (tertiary/aromatic N) is 1. The number of rotatable bonds is 13. The first-order valence-corrected chi connectivity index (χ1v) is 16.3. The summed E-state index contributed by atoms with van der Waals surface area (Å²) in [6.45, 7) is 19.2. The number of amides is 4. The van der Waals surface area contributed by atoms with Gasteiger partial charge >= 0.3 is 6.03 Å². The molecular formula is C34H55N5O7S. The van der Waals surface area contributed by atoms with Gasteiger partial charge in [0.05, 0.1) is 30.8 Å². The van der Waals surface area contributed by atoms with Crippen molar-refractivity contribution in [3.63, 3.8) is 0 Å². The van der Waals surface area contributed by atoms with Crippen LogP contribution in [0.2, 0.25) is 0 Å². The van der Waals surface area contributed by atoms with Crippen LogP contribution >= 0.6 is 12.8 Å². The highest BCUT2D eigenvalue weighted by Crippen LogP contribution is 2.25. The van der Waals surface area contributed by atoms with Gasteiger partial charge in [0.1, 0.15) is 18.1 Å². The molecule has 4 atom stereocenters. The molecule has 2 rings (SSSR count). The van der Waals surface area contributed by atoms with Crippen molar-refractivity contribution in [1.29, 1.82) is 0 Å². The fraction of sp³-hybridized carbons (Fsp3) is 0.588. The van der Waals surface area contributed by atoms with E-state index in [2.05, 4.69) is 53.9 Å². The minimum Gasteiger partial charge on any atom is -0.496 e. The molecular weight excluding hydrogens is 622 g/mol. The number of nitrogens with one attached hydrogen (secondary N) is 4. The minimum absolute atomic E-state index is 0.194. The molecule has 1 heterocycles. The largest absolute Gasteiger partial charge is 0.496 e. The van der Waals surface area contributed by atoms with Gasteiger partial charge in [0.2, 0.25) is 11.7 Å². The molecule has 0 aromatic heterocycles. The minimum atomic E-state index is -0.850. The van der Waals surface area contributed by atoms with Gasteiger partial charge in [-0.2, -0.15) is 0 Å². The number of likely N-dealkylation sites (tertiary alicyclic amines) is 1. The first-order valence-electron chi connectivity index (χ1n) is 15.9. The molecule has 1 aliphatic rings. The number of hydrogen-bond donors (Lipinski definition) is 5. The van der Waals surface area contributed by atoms with Gasteiger partial charge < -0.3 is 30.4 Å². The molecule has 0 saturated carbocycles. The van der Waals surface area contributed by atoms with Crippen LogP contribution in [0.25, 0.3) is 0 Å². The van der Waals surface area contributed by atoms with Gasteiger partial charge in [-0.3, -0.25) is 23.9 Å². The van der Waals surface area contributed by atoms with Crippen LogP contribution in [-0.4, -0.2) is 85.0 Å². The van der Waals surface area contributed by atoms with E-state index in [-0.39, 0.29) is 17.6 Å². The van der Waals surface area contributed by atoms with E-state index in [4.69, 9.17) is 4.74 Å². The molecule has 1 saturated heterocycles. The summed E-state index contributed by atoms with van der Waals surface area (Å²) in [6, 6.07) is 3.55. The Morgan fingerprint density at radius 3 is 2.17 bits per heavy atom. The van der Waals surface area contributed by atoms with E-state index < -0.39 is 47.3 Å². The fourth-order valence-electron chi connectivity index (χ4n) is 4.39. The lowest BCUT2D eigenvalue weighted by atomic mass is 9.85. The maximum atomic E-state index is 13.2. The van der Waals surface area contributed by atoms with Gasteiger partial charge in [0.15, 0.2) is 5.78 Å². The van der Waals surface area contributed by atoms with E-state index in [0.29, 0.717) is 30.8 Å². The van der Waals surface area contributed by atoms with E-state index in [1.807, 2.05) is 34.6 Å². The number of aldehydes is 1. The summed E-state index contributed by atoms with van der Waals surface area (Å²) in [4.78, 5) is 74.1. The number of urea groups is 1. The summed E-state index contributed by atoms with van der Waals surface area (Å²) in [6.07, 6.45) is 4.91. The molecule has 264 valence electrons. The molecule has 4 N–H and O–H groups in total. The highest BCUT2D eigenvalue weighted by Gasteiger charge is 2.40. The molecule has 47 heavy (non-hydrogen) atoms. The normalized spacial score (nSPS) is 15.7. The Bertz CT molecular complexity index is 1200. The number of benzene rings is 1. The predicted molar refractivity (Wildman–Crippen MR) is 187 cm³/mol. The monoisotopic (exact) mass is 677 g/mol. The van der Waals surface area contributed by atoms with Crippen molar-refractivity contribution < 1.29 is 33.5 Å². The van der Waals surface area contributed by atoms with Gasteiger partial charge in [-0.1, -0.05) is 85.9 Å². The summed E-state index contributed by atoms with van der Waals surface area (Å²) in [5.41, 5.74) is -0.215. The zero-order chi connectivity index (χ0) is 36.3. The van der Waals surface area contributed by atoms with Crippen molar-refractivity contribution >= 4 is 48.5 Å². The third-order valence-corrected chi connectivity index (χ3v) is 7.34. The van der Waals surface area contributed by atoms with Gasteiger partial charge in [0, 0.05) is 13.1 Å². The Kier molecular flexibility index (Phi) is 20.2. The van der Waals surface area contributed by atoms with E-state index in [1.54, 1.807) is 31.2 Å². The lowest BCUT2D eigenvalue weighted by molar-refractivity contribution is -0.138. The van der Waals surface area contributed by atoms with Crippen molar-refractivity contribution in [2.24, 2.45) is 11.3 Å². The van der Waals surface area contributed by atoms with Crippen molar-refractivity contribution in [2.75, 3.05) is 20.2 Å². The van der Waals surface area contributed by atoms with Crippen LogP contribution in [0.15, 0.2) is 36.9 Å². The Morgan fingerprint density at radius 1 is 1.09 bits per heavy atom. The molecule has 1 fully saturated rings. The lowest BCUT2D eigenvalue weighted by Crippen LogP contribution is -2.59. The van der Waals surface area contributed by atoms with Crippen LogP contribution in [0.1, 0.15) is 85.0 Å². The van der Waals surface area contributed by atoms with Crippen LogP contribution < -0.4 is 25.4 Å². The Morgan fingerprint density at radius 2 is 1.68 bits per heavy atom. The lowest BCUT2D eigenvalue weighted by Gasteiger charge is -2.35. The van der Waals surface area contributed by atoms with Gasteiger partial charge in [-0.05, 0) is 43.2 Å². The van der Waals surface area contributed by atoms with Crippen LogP contribution in [0.3, 0.4) is 0 Å². The SMILES string of the molecule is C=CCNC(=O)C(=O)C(C)NS.CCC.COc1ccccc1C(=O)C(NC(=O)NC(C(=O)N1CCC[C@H]1C=O)C(C)(C)C)C(C)C. The molecule has 1 aromatic carbocycles. The number of carbonyl (C=O) groups excluding carboxylic acids is 6. The Labute approximate surface area is 285 Å². The second kappa shape index (κ2) is 22.0. The molecule has 12 nitrogen and oxygen atoms in total.